The number of allylic oxidation sites excluding steroid dienone is 4. The summed E-state index contributed by atoms with van der Waals surface area (Å²) >= 11 is 1.59. The molecule has 1 aromatic carbocycles. The number of carbonyl (C=O) groups is 1. The molecule has 0 aliphatic rings. The topological polar surface area (TPSA) is 44.8 Å². The van der Waals surface area contributed by atoms with E-state index in [2.05, 4.69) is 93.2 Å². The van der Waals surface area contributed by atoms with Gasteiger partial charge in [0.25, 0.3) is 0 Å². The van der Waals surface area contributed by atoms with Crippen molar-refractivity contribution < 1.29 is 18.7 Å². The highest BCUT2D eigenvalue weighted by Crippen LogP contribution is 2.42. The van der Waals surface area contributed by atoms with E-state index in [-0.39, 0.29) is 11.7 Å². The van der Waals surface area contributed by atoms with Gasteiger partial charge in [-0.25, -0.2) is 0 Å². The second-order valence-corrected chi connectivity index (χ2v) is 19.8. The van der Waals surface area contributed by atoms with E-state index in [1.165, 1.54) is 11.1 Å². The molecule has 0 radical (unpaired) electrons. The van der Waals surface area contributed by atoms with E-state index in [1.54, 1.807) is 11.8 Å². The van der Waals surface area contributed by atoms with Gasteiger partial charge in [-0.1, -0.05) is 122 Å². The first-order valence-electron chi connectivity index (χ1n) is 16.8. The number of Topliss-reactive ketones (excluding diaryl/α,β-unsaturated/α-hetero) is 1. The molecule has 0 saturated carbocycles. The van der Waals surface area contributed by atoms with Crippen molar-refractivity contribution in [3.63, 3.8) is 0 Å². The number of ether oxygens (including phenoxy) is 2. The average molecular weight is 645 g/mol. The minimum Gasteiger partial charge on any atom is -0.416 e. The molecule has 0 spiro atoms. The molecule has 1 aromatic rings. The highest BCUT2D eigenvalue weighted by atomic mass is 32.2. The van der Waals surface area contributed by atoms with Gasteiger partial charge in [0.2, 0.25) is 0 Å². The van der Waals surface area contributed by atoms with Crippen LogP contribution in [0.25, 0.3) is 0 Å². The van der Waals surface area contributed by atoms with Crippen molar-refractivity contribution in [2.24, 2.45) is 11.8 Å². The number of carbonyl (C=O) groups excluding carboxylic acids is 1. The van der Waals surface area contributed by atoms with Gasteiger partial charge in [-0.15, -0.1) is 11.8 Å². The lowest BCUT2D eigenvalue weighted by molar-refractivity contribution is -0.127. The lowest BCUT2D eigenvalue weighted by Crippen LogP contribution is -2.48. The molecule has 0 aliphatic carbocycles. The van der Waals surface area contributed by atoms with Crippen molar-refractivity contribution in [3.05, 3.63) is 71.8 Å². The molecular formula is C38H64O4SSi. The molecule has 1 rings (SSSR count). The number of rotatable bonds is 24. The Morgan fingerprint density at radius 1 is 0.955 bits per heavy atom. The lowest BCUT2D eigenvalue weighted by Gasteiger charge is -2.42. The van der Waals surface area contributed by atoms with Crippen molar-refractivity contribution in [3.8, 4) is 0 Å². The Balaban J connectivity index is 2.55. The van der Waals surface area contributed by atoms with E-state index in [0.29, 0.717) is 48.1 Å². The third-order valence-electron chi connectivity index (χ3n) is 8.74. The molecule has 0 unspecified atom stereocenters. The van der Waals surface area contributed by atoms with Crippen LogP contribution in [-0.2, 0) is 25.3 Å². The average Bonchev–Trinajstić information content (AvgIpc) is 2.95. The second kappa shape index (κ2) is 22.1. The summed E-state index contributed by atoms with van der Waals surface area (Å²) in [6, 6.07) is 10.2. The van der Waals surface area contributed by atoms with Crippen LogP contribution >= 0.6 is 11.8 Å². The van der Waals surface area contributed by atoms with Crippen LogP contribution in [0, 0.1) is 11.8 Å². The monoisotopic (exact) mass is 644 g/mol. The predicted octanol–water partition coefficient (Wildman–Crippen LogP) is 11.0. The molecule has 0 amide bonds. The summed E-state index contributed by atoms with van der Waals surface area (Å²) in [5, 5.41) is 0. The zero-order chi connectivity index (χ0) is 33.1. The molecular weight excluding hydrogens is 581 g/mol. The number of unbranched alkanes of at least 4 members (excludes halogenated alkanes) is 1. The number of benzene rings is 1. The maximum absolute atomic E-state index is 13.2. The van der Waals surface area contributed by atoms with Crippen LogP contribution in [0.1, 0.15) is 100.0 Å². The summed E-state index contributed by atoms with van der Waals surface area (Å²) in [5.41, 5.74) is 5.40. The van der Waals surface area contributed by atoms with Crippen LogP contribution in [0.3, 0.4) is 0 Å². The van der Waals surface area contributed by atoms with Crippen LogP contribution in [0.15, 0.2) is 66.3 Å². The van der Waals surface area contributed by atoms with Gasteiger partial charge >= 0.3 is 0 Å². The van der Waals surface area contributed by atoms with Crippen LogP contribution in [0.4, 0.5) is 0 Å². The number of ketones is 1. The Labute approximate surface area is 276 Å². The Kier molecular flexibility index (Phi) is 20.4. The van der Waals surface area contributed by atoms with Crippen molar-refractivity contribution in [1.82, 2.24) is 0 Å². The molecule has 0 aromatic heterocycles. The molecule has 6 heteroatoms. The van der Waals surface area contributed by atoms with E-state index in [1.807, 2.05) is 30.5 Å². The van der Waals surface area contributed by atoms with Crippen LogP contribution in [0.2, 0.25) is 16.6 Å². The SMILES string of the molecule is C=C(/C=C(\C)[C@@H](C)CCO[Si](C(C)C)(C(C)C)C(C)C)C[C@@H](C)CC(=O)[C@H](/C=C/CCCOCc1ccccc1)OCSC. The highest BCUT2D eigenvalue weighted by Gasteiger charge is 2.44. The van der Waals surface area contributed by atoms with Gasteiger partial charge in [-0.05, 0) is 72.9 Å². The minimum absolute atomic E-state index is 0.134. The Morgan fingerprint density at radius 3 is 2.18 bits per heavy atom. The van der Waals surface area contributed by atoms with Gasteiger partial charge in [-0.3, -0.25) is 4.79 Å². The number of hydrogen-bond acceptors (Lipinski definition) is 5. The largest absolute Gasteiger partial charge is 0.416 e. The van der Waals surface area contributed by atoms with E-state index >= 15 is 0 Å². The quantitative estimate of drug-likeness (QED) is 0.0368. The first-order valence-corrected chi connectivity index (χ1v) is 20.3. The summed E-state index contributed by atoms with van der Waals surface area (Å²) in [7, 11) is -1.84. The first-order chi connectivity index (χ1) is 20.8. The fourth-order valence-electron chi connectivity index (χ4n) is 6.33. The smallest absolute Gasteiger partial charge is 0.200 e. The van der Waals surface area contributed by atoms with E-state index in [0.717, 1.165) is 37.9 Å². The fraction of sp³-hybridized carbons (Fsp3) is 0.658. The van der Waals surface area contributed by atoms with Crippen LogP contribution in [-0.4, -0.2) is 45.6 Å². The number of thioether (sulfide) groups is 1. The summed E-state index contributed by atoms with van der Waals surface area (Å²) in [5.74, 6) is 1.27. The van der Waals surface area contributed by atoms with Gasteiger partial charge in [0.15, 0.2) is 14.1 Å². The first kappa shape index (κ1) is 40.6. The zero-order valence-corrected chi connectivity index (χ0v) is 31.5. The molecule has 0 N–H and O–H groups in total. The summed E-state index contributed by atoms with van der Waals surface area (Å²) in [6.07, 6.45) is 11.8. The van der Waals surface area contributed by atoms with Gasteiger partial charge < -0.3 is 13.9 Å². The molecule has 250 valence electrons. The molecule has 3 atom stereocenters. The normalized spacial score (nSPS) is 15.0. The van der Waals surface area contributed by atoms with Crippen molar-refractivity contribution in [2.45, 2.75) is 124 Å². The van der Waals surface area contributed by atoms with Gasteiger partial charge in [0, 0.05) is 19.6 Å². The Hall–Kier alpha value is -1.44. The fourth-order valence-corrected chi connectivity index (χ4v) is 12.1. The molecule has 0 aliphatic heterocycles. The second-order valence-electron chi connectivity index (χ2n) is 13.5. The van der Waals surface area contributed by atoms with Gasteiger partial charge in [0.1, 0.15) is 6.10 Å². The van der Waals surface area contributed by atoms with Crippen molar-refractivity contribution >= 4 is 25.9 Å². The van der Waals surface area contributed by atoms with E-state index in [4.69, 9.17) is 13.9 Å². The molecule has 0 fully saturated rings. The lowest BCUT2D eigenvalue weighted by atomic mass is 9.92. The summed E-state index contributed by atoms with van der Waals surface area (Å²) in [4.78, 5) is 13.2. The molecule has 0 bridgehead atoms. The third kappa shape index (κ3) is 14.8. The van der Waals surface area contributed by atoms with E-state index in [9.17, 15) is 4.79 Å². The maximum Gasteiger partial charge on any atom is 0.200 e. The predicted molar refractivity (Wildman–Crippen MR) is 195 cm³/mol. The highest BCUT2D eigenvalue weighted by molar-refractivity contribution is 7.98. The molecule has 44 heavy (non-hydrogen) atoms. The van der Waals surface area contributed by atoms with Crippen LogP contribution < -0.4 is 0 Å². The molecule has 0 heterocycles. The minimum atomic E-state index is -1.84. The van der Waals surface area contributed by atoms with Crippen molar-refractivity contribution in [1.29, 1.82) is 0 Å². The third-order valence-corrected chi connectivity index (χ3v) is 15.2. The Morgan fingerprint density at radius 2 is 1.59 bits per heavy atom. The Bertz CT molecular complexity index is 980. The maximum atomic E-state index is 13.2. The van der Waals surface area contributed by atoms with Crippen molar-refractivity contribution in [2.75, 3.05) is 25.4 Å². The van der Waals surface area contributed by atoms with Crippen LogP contribution in [0.5, 0.6) is 0 Å². The van der Waals surface area contributed by atoms with Gasteiger partial charge in [0.05, 0.1) is 12.5 Å². The summed E-state index contributed by atoms with van der Waals surface area (Å²) in [6.45, 7) is 27.2. The van der Waals surface area contributed by atoms with Gasteiger partial charge in [-0.2, -0.15) is 0 Å². The van der Waals surface area contributed by atoms with E-state index < -0.39 is 14.4 Å². The number of hydrogen-bond donors (Lipinski definition) is 0. The molecule has 0 saturated heterocycles. The zero-order valence-electron chi connectivity index (χ0n) is 29.7. The standard InChI is InChI=1S/C38H64O4SSi/c1-29(2)44(30(3)4,31(5)6)42-23-21-34(9)35(10)25-32(7)24-33(8)26-37(39)38(41-28-43-11)20-16-13-17-22-40-27-36-18-14-12-15-19-36/h12,14-16,18-20,25,29-31,33-34,38H,7,13,17,21-24,26-28H2,1-6,8-11H3/b20-16+,35-25+/t33-,34+,38+/m1/s1. The summed E-state index contributed by atoms with van der Waals surface area (Å²) < 4.78 is 18.5. The molecule has 4 nitrogen and oxygen atoms in total.